The van der Waals surface area contributed by atoms with Crippen molar-refractivity contribution in [3.05, 3.63) is 46.7 Å². The van der Waals surface area contributed by atoms with E-state index >= 15 is 0 Å². The Bertz CT molecular complexity index is 866. The highest BCUT2D eigenvalue weighted by Crippen LogP contribution is 2.25. The van der Waals surface area contributed by atoms with Crippen molar-refractivity contribution in [2.45, 2.75) is 39.8 Å². The first-order valence-corrected chi connectivity index (χ1v) is 9.69. The summed E-state index contributed by atoms with van der Waals surface area (Å²) in [5.41, 5.74) is 4.04. The number of aryl methyl sites for hydroxylation is 2. The van der Waals surface area contributed by atoms with E-state index in [-0.39, 0.29) is 11.7 Å². The Morgan fingerprint density at radius 2 is 1.96 bits per heavy atom. The first-order valence-electron chi connectivity index (χ1n) is 9.69. The Hall–Kier alpha value is -2.54. The molecule has 1 atom stereocenters. The van der Waals surface area contributed by atoms with Crippen molar-refractivity contribution in [1.82, 2.24) is 24.8 Å². The van der Waals surface area contributed by atoms with Crippen molar-refractivity contribution >= 4 is 11.7 Å². The van der Waals surface area contributed by atoms with Crippen LogP contribution < -0.4 is 4.90 Å². The third-order valence-electron chi connectivity index (χ3n) is 5.65. The van der Waals surface area contributed by atoms with Gasteiger partial charge < -0.3 is 14.7 Å². The molecule has 1 aliphatic heterocycles. The normalized spacial score (nSPS) is 16.7. The van der Waals surface area contributed by atoms with Gasteiger partial charge in [-0.15, -0.1) is 0 Å². The average Bonchev–Trinajstić information content (AvgIpc) is 3.15. The Kier molecular flexibility index (Phi) is 5.93. The lowest BCUT2D eigenvalue weighted by molar-refractivity contribution is 0.0772. The molecule has 2 aromatic heterocycles. The fourth-order valence-electron chi connectivity index (χ4n) is 3.53. The molecule has 0 radical (unpaired) electrons. The Balaban J connectivity index is 1.83. The average molecular weight is 383 g/mol. The van der Waals surface area contributed by atoms with Gasteiger partial charge in [0.1, 0.15) is 5.82 Å². The van der Waals surface area contributed by atoms with Gasteiger partial charge in [0.15, 0.2) is 0 Å². The molecule has 150 valence electrons. The summed E-state index contributed by atoms with van der Waals surface area (Å²) in [6, 6.07) is 2.46. The van der Waals surface area contributed by atoms with E-state index in [1.165, 1.54) is 0 Å². The van der Waals surface area contributed by atoms with Gasteiger partial charge in [0, 0.05) is 56.4 Å². The lowest BCUT2D eigenvalue weighted by Crippen LogP contribution is -2.33. The summed E-state index contributed by atoms with van der Waals surface area (Å²) in [7, 11) is 6.00. The van der Waals surface area contributed by atoms with E-state index in [2.05, 4.69) is 38.8 Å². The van der Waals surface area contributed by atoms with Crippen LogP contribution in [0.15, 0.2) is 18.5 Å². The van der Waals surface area contributed by atoms with Crippen LogP contribution in [0, 0.1) is 20.8 Å². The third-order valence-corrected chi connectivity index (χ3v) is 5.65. The van der Waals surface area contributed by atoms with Crippen LogP contribution in [0.5, 0.6) is 0 Å². The molecule has 2 aromatic rings. The maximum absolute atomic E-state index is 13.0. The first-order chi connectivity index (χ1) is 13.3. The first kappa shape index (κ1) is 20.2. The number of likely N-dealkylation sites (N-methyl/N-ethyl adjacent to an activating group) is 1. The van der Waals surface area contributed by atoms with Crippen LogP contribution in [0.3, 0.4) is 0 Å². The lowest BCUT2D eigenvalue weighted by Gasteiger charge is -2.24. The second-order valence-electron chi connectivity index (χ2n) is 7.90. The number of carbonyl (C=O) groups is 1. The van der Waals surface area contributed by atoms with E-state index in [1.807, 2.05) is 26.8 Å². The second-order valence-corrected chi connectivity index (χ2v) is 7.90. The molecule has 1 saturated heterocycles. The van der Waals surface area contributed by atoms with E-state index in [4.69, 9.17) is 0 Å². The molecule has 7 heteroatoms. The summed E-state index contributed by atoms with van der Waals surface area (Å²) in [4.78, 5) is 32.5. The quantitative estimate of drug-likeness (QED) is 0.790. The van der Waals surface area contributed by atoms with Gasteiger partial charge >= 0.3 is 0 Å². The van der Waals surface area contributed by atoms with E-state index in [9.17, 15) is 4.79 Å². The Labute approximate surface area is 167 Å². The number of pyridine rings is 1. The molecule has 1 aliphatic rings. The predicted octanol–water partition coefficient (Wildman–Crippen LogP) is 2.21. The van der Waals surface area contributed by atoms with E-state index < -0.39 is 0 Å². The molecule has 0 aromatic carbocycles. The maximum Gasteiger partial charge on any atom is 0.291 e. The molecule has 7 nitrogen and oxygen atoms in total. The van der Waals surface area contributed by atoms with Crippen molar-refractivity contribution < 1.29 is 4.79 Å². The molecule has 28 heavy (non-hydrogen) atoms. The number of aromatic nitrogens is 3. The van der Waals surface area contributed by atoms with Gasteiger partial charge in [-0.3, -0.25) is 9.78 Å². The highest BCUT2D eigenvalue weighted by atomic mass is 16.2. The van der Waals surface area contributed by atoms with Crippen LogP contribution in [0.2, 0.25) is 0 Å². The number of amides is 1. The van der Waals surface area contributed by atoms with Crippen molar-refractivity contribution in [1.29, 1.82) is 0 Å². The number of nitrogens with zero attached hydrogens (tertiary/aromatic N) is 6. The fourth-order valence-corrected chi connectivity index (χ4v) is 3.53. The summed E-state index contributed by atoms with van der Waals surface area (Å²) < 4.78 is 0. The monoisotopic (exact) mass is 382 g/mol. The van der Waals surface area contributed by atoms with E-state index in [0.29, 0.717) is 12.6 Å². The molecule has 0 aliphatic carbocycles. The molecule has 0 spiro atoms. The largest absolute Gasteiger partial charge is 0.355 e. The number of anilines is 1. The number of hydrogen-bond acceptors (Lipinski definition) is 6. The van der Waals surface area contributed by atoms with Crippen molar-refractivity contribution in [3.8, 4) is 0 Å². The molecule has 1 fully saturated rings. The standard InChI is InChI=1S/C21H30N6O/c1-14-7-9-22-11-17(14)12-26(6)21(28)19-23-16(3)15(2)20(24-19)27-10-8-18(13-27)25(4)5/h7,9,11,18H,8,10,12-13H2,1-6H3/t18-/m1/s1. The molecule has 1 amide bonds. The zero-order chi connectivity index (χ0) is 20.4. The molecule has 0 unspecified atom stereocenters. The van der Waals surface area contributed by atoms with Crippen LogP contribution in [-0.4, -0.2) is 70.9 Å². The zero-order valence-corrected chi connectivity index (χ0v) is 17.7. The highest BCUT2D eigenvalue weighted by molar-refractivity contribution is 5.90. The SMILES string of the molecule is Cc1ccncc1CN(C)C(=O)c1nc(C)c(C)c(N2CC[C@@H](N(C)C)C2)n1. The Morgan fingerprint density at radius 1 is 1.21 bits per heavy atom. The van der Waals surface area contributed by atoms with Gasteiger partial charge in [0.2, 0.25) is 5.82 Å². The second kappa shape index (κ2) is 8.22. The van der Waals surface area contributed by atoms with Gasteiger partial charge in [-0.25, -0.2) is 9.97 Å². The summed E-state index contributed by atoms with van der Waals surface area (Å²) in [6.07, 6.45) is 4.66. The predicted molar refractivity (Wildman–Crippen MR) is 111 cm³/mol. The lowest BCUT2D eigenvalue weighted by atomic mass is 10.1. The maximum atomic E-state index is 13.0. The van der Waals surface area contributed by atoms with Crippen molar-refractivity contribution in [2.75, 3.05) is 39.1 Å². The molecular formula is C21H30N6O. The molecule has 0 saturated carbocycles. The minimum Gasteiger partial charge on any atom is -0.355 e. The fraction of sp³-hybridized carbons (Fsp3) is 0.524. The van der Waals surface area contributed by atoms with Crippen LogP contribution in [-0.2, 0) is 6.54 Å². The number of rotatable bonds is 5. The summed E-state index contributed by atoms with van der Waals surface area (Å²) in [5, 5.41) is 0. The zero-order valence-electron chi connectivity index (χ0n) is 17.7. The molecule has 3 rings (SSSR count). The molecule has 3 heterocycles. The minimum atomic E-state index is -0.170. The van der Waals surface area contributed by atoms with Gasteiger partial charge in [0.25, 0.3) is 5.91 Å². The summed E-state index contributed by atoms with van der Waals surface area (Å²) in [6.45, 7) is 8.35. The molecule has 0 bridgehead atoms. The van der Waals surface area contributed by atoms with Crippen LogP contribution >= 0.6 is 0 Å². The highest BCUT2D eigenvalue weighted by Gasteiger charge is 2.28. The number of carbonyl (C=O) groups excluding carboxylic acids is 1. The minimum absolute atomic E-state index is 0.170. The topological polar surface area (TPSA) is 65.5 Å². The summed E-state index contributed by atoms with van der Waals surface area (Å²) in [5.74, 6) is 0.970. The number of hydrogen-bond donors (Lipinski definition) is 0. The Morgan fingerprint density at radius 3 is 2.61 bits per heavy atom. The van der Waals surface area contributed by atoms with Crippen LogP contribution in [0.25, 0.3) is 0 Å². The molecule has 0 N–H and O–H groups in total. The smallest absolute Gasteiger partial charge is 0.291 e. The van der Waals surface area contributed by atoms with Crippen LogP contribution in [0.4, 0.5) is 5.82 Å². The van der Waals surface area contributed by atoms with Crippen molar-refractivity contribution in [2.24, 2.45) is 0 Å². The molecular weight excluding hydrogens is 352 g/mol. The van der Waals surface area contributed by atoms with Crippen LogP contribution in [0.1, 0.15) is 39.4 Å². The van der Waals surface area contributed by atoms with Gasteiger partial charge in [-0.1, -0.05) is 0 Å². The third kappa shape index (κ3) is 4.14. The van der Waals surface area contributed by atoms with Crippen molar-refractivity contribution in [3.63, 3.8) is 0 Å². The summed E-state index contributed by atoms with van der Waals surface area (Å²) >= 11 is 0. The van der Waals surface area contributed by atoms with E-state index in [0.717, 1.165) is 47.7 Å². The van der Waals surface area contributed by atoms with Gasteiger partial charge in [-0.2, -0.15) is 0 Å². The van der Waals surface area contributed by atoms with E-state index in [1.54, 1.807) is 24.3 Å². The van der Waals surface area contributed by atoms with Gasteiger partial charge in [0.05, 0.1) is 0 Å². The van der Waals surface area contributed by atoms with Gasteiger partial charge in [-0.05, 0) is 58.5 Å².